The Labute approximate surface area is 115 Å². The normalized spacial score (nSPS) is 17.3. The monoisotopic (exact) mass is 282 g/mol. The van der Waals surface area contributed by atoms with Crippen LogP contribution in [0.4, 0.5) is 14.9 Å². The molecule has 1 aliphatic rings. The van der Waals surface area contributed by atoms with Gasteiger partial charge in [0.15, 0.2) is 6.29 Å². The van der Waals surface area contributed by atoms with E-state index in [0.29, 0.717) is 18.8 Å². The molecule has 2 rings (SSSR count). The van der Waals surface area contributed by atoms with Gasteiger partial charge in [0, 0.05) is 30.9 Å². The molecule has 1 saturated heterocycles. The molecule has 7 heteroatoms. The highest BCUT2D eigenvalue weighted by atomic mass is 19.1. The van der Waals surface area contributed by atoms with Gasteiger partial charge in [0.05, 0.1) is 12.7 Å². The van der Waals surface area contributed by atoms with Gasteiger partial charge in [-0.05, 0) is 12.5 Å². The molecule has 2 N–H and O–H groups in total. The molecule has 1 aromatic rings. The lowest BCUT2D eigenvalue weighted by atomic mass is 10.0. The molecule has 6 nitrogen and oxygen atoms in total. The second kappa shape index (κ2) is 5.77. The molecule has 0 spiro atoms. The molecule has 0 saturated carbocycles. The molecule has 20 heavy (non-hydrogen) atoms. The van der Waals surface area contributed by atoms with E-state index in [1.54, 1.807) is 0 Å². The summed E-state index contributed by atoms with van der Waals surface area (Å²) in [6.45, 7) is 1.05. The predicted octanol–water partition coefficient (Wildman–Crippen LogP) is 1.28. The maximum absolute atomic E-state index is 13.6. The lowest BCUT2D eigenvalue weighted by Gasteiger charge is -2.43. The lowest BCUT2D eigenvalue weighted by Crippen LogP contribution is -2.53. The summed E-state index contributed by atoms with van der Waals surface area (Å²) in [5, 5.41) is 12.2. The maximum Gasteiger partial charge on any atom is 0.406 e. The first-order chi connectivity index (χ1) is 9.56. The number of alkyl carbamates (subject to hydrolysis) is 1. The van der Waals surface area contributed by atoms with E-state index in [0.717, 1.165) is 6.42 Å². The highest BCUT2D eigenvalue weighted by Crippen LogP contribution is 2.31. The summed E-state index contributed by atoms with van der Waals surface area (Å²) >= 11 is 0. The van der Waals surface area contributed by atoms with Gasteiger partial charge < -0.3 is 20.1 Å². The summed E-state index contributed by atoms with van der Waals surface area (Å²) in [7, 11) is 1.28. The first-order valence-electron chi connectivity index (χ1n) is 6.13. The second-order valence-corrected chi connectivity index (χ2v) is 4.49. The number of carbonyl (C=O) groups excluding carboxylic acids is 2. The molecule has 1 aromatic carbocycles. The molecule has 0 radical (unpaired) electrons. The number of aromatic hydroxyl groups is 1. The van der Waals surface area contributed by atoms with Crippen molar-refractivity contribution < 1.29 is 23.8 Å². The van der Waals surface area contributed by atoms with Crippen LogP contribution >= 0.6 is 0 Å². The molecular formula is C13H15FN2O4. The molecule has 0 aliphatic carbocycles. The summed E-state index contributed by atoms with van der Waals surface area (Å²) in [5.41, 5.74) is 0.132. The van der Waals surface area contributed by atoms with Crippen molar-refractivity contribution in [2.24, 2.45) is 0 Å². The van der Waals surface area contributed by atoms with Crippen LogP contribution in [0.5, 0.6) is 5.75 Å². The van der Waals surface area contributed by atoms with Crippen molar-refractivity contribution in [3.05, 3.63) is 23.5 Å². The third-order valence-corrected chi connectivity index (χ3v) is 3.35. The van der Waals surface area contributed by atoms with E-state index in [1.165, 1.54) is 19.2 Å². The third-order valence-electron chi connectivity index (χ3n) is 3.35. The maximum atomic E-state index is 13.6. The Hall–Kier alpha value is -2.31. The summed E-state index contributed by atoms with van der Waals surface area (Å²) in [4.78, 5) is 23.5. The number of amides is 1. The van der Waals surface area contributed by atoms with Gasteiger partial charge in [0.1, 0.15) is 11.6 Å². The Kier molecular flexibility index (Phi) is 4.07. The Morgan fingerprint density at radius 3 is 2.90 bits per heavy atom. The number of nitrogens with one attached hydrogen (secondary N) is 1. The summed E-state index contributed by atoms with van der Waals surface area (Å²) < 4.78 is 18.1. The first-order valence-corrected chi connectivity index (χ1v) is 6.13. The van der Waals surface area contributed by atoms with Crippen molar-refractivity contribution in [1.29, 1.82) is 0 Å². The van der Waals surface area contributed by atoms with E-state index in [-0.39, 0.29) is 23.6 Å². The Balaban J connectivity index is 2.08. The quantitative estimate of drug-likeness (QED) is 0.813. The largest absolute Gasteiger partial charge is 0.507 e. The number of hydrogen-bond acceptors (Lipinski definition) is 5. The fraction of sp³-hybridized carbons (Fsp3) is 0.385. The average Bonchev–Trinajstić information content (AvgIpc) is 2.37. The highest BCUT2D eigenvalue weighted by Gasteiger charge is 2.29. The number of methoxy groups -OCH3 is 1. The average molecular weight is 282 g/mol. The van der Waals surface area contributed by atoms with Gasteiger partial charge in [0.25, 0.3) is 0 Å². The number of halogens is 1. The number of phenols is 1. The molecule has 1 amide bonds. The van der Waals surface area contributed by atoms with E-state index in [2.05, 4.69) is 10.1 Å². The molecular weight excluding hydrogens is 267 g/mol. The third kappa shape index (κ3) is 2.66. The van der Waals surface area contributed by atoms with Crippen LogP contribution in [-0.2, 0) is 4.74 Å². The van der Waals surface area contributed by atoms with E-state index in [9.17, 15) is 19.1 Å². The van der Waals surface area contributed by atoms with Crippen LogP contribution in [0.3, 0.4) is 0 Å². The lowest BCUT2D eigenvalue weighted by molar-refractivity contribution is 0.111. The van der Waals surface area contributed by atoms with Gasteiger partial charge in [-0.15, -0.1) is 0 Å². The van der Waals surface area contributed by atoms with E-state index < -0.39 is 11.9 Å². The number of rotatable bonds is 4. The van der Waals surface area contributed by atoms with Crippen LogP contribution in [-0.4, -0.2) is 43.7 Å². The Morgan fingerprint density at radius 1 is 1.65 bits per heavy atom. The van der Waals surface area contributed by atoms with E-state index in [1.807, 2.05) is 4.90 Å². The summed E-state index contributed by atoms with van der Waals surface area (Å²) in [5.74, 6) is -1.15. The molecule has 1 heterocycles. The molecule has 1 fully saturated rings. The van der Waals surface area contributed by atoms with Crippen LogP contribution in [0.25, 0.3) is 0 Å². The minimum absolute atomic E-state index is 0.00924. The van der Waals surface area contributed by atoms with Gasteiger partial charge in [-0.1, -0.05) is 0 Å². The van der Waals surface area contributed by atoms with Crippen molar-refractivity contribution in [2.45, 2.75) is 12.5 Å². The number of aldehydes is 1. The number of carbonyl (C=O) groups is 2. The van der Waals surface area contributed by atoms with Gasteiger partial charge in [-0.2, -0.15) is 0 Å². The van der Waals surface area contributed by atoms with Crippen LogP contribution in [0.2, 0.25) is 0 Å². The van der Waals surface area contributed by atoms with Crippen molar-refractivity contribution in [2.75, 3.05) is 25.1 Å². The van der Waals surface area contributed by atoms with Gasteiger partial charge in [-0.3, -0.25) is 4.79 Å². The topological polar surface area (TPSA) is 78.9 Å². The van der Waals surface area contributed by atoms with Gasteiger partial charge in [-0.25, -0.2) is 9.18 Å². The Morgan fingerprint density at radius 2 is 2.40 bits per heavy atom. The van der Waals surface area contributed by atoms with Crippen molar-refractivity contribution in [3.63, 3.8) is 0 Å². The zero-order valence-corrected chi connectivity index (χ0v) is 10.9. The minimum atomic E-state index is -0.762. The molecule has 1 atom stereocenters. The van der Waals surface area contributed by atoms with Crippen molar-refractivity contribution in [1.82, 2.24) is 5.32 Å². The molecule has 0 bridgehead atoms. The SMILES string of the molecule is COC(=O)NCC1CCN1c1cc(O)c(C=O)c(F)c1. The summed E-state index contributed by atoms with van der Waals surface area (Å²) in [6, 6.07) is 2.56. The number of nitrogens with zero attached hydrogens (tertiary/aromatic N) is 1. The van der Waals surface area contributed by atoms with Gasteiger partial charge >= 0.3 is 6.09 Å². The molecule has 0 aromatic heterocycles. The second-order valence-electron chi connectivity index (χ2n) is 4.49. The highest BCUT2D eigenvalue weighted by molar-refractivity contribution is 5.81. The van der Waals surface area contributed by atoms with Crippen LogP contribution < -0.4 is 10.2 Å². The van der Waals surface area contributed by atoms with Crippen LogP contribution in [0, 0.1) is 5.82 Å². The number of benzene rings is 1. The first kappa shape index (κ1) is 14.1. The minimum Gasteiger partial charge on any atom is -0.507 e. The summed E-state index contributed by atoms with van der Waals surface area (Å²) in [6.07, 6.45) is 0.588. The van der Waals surface area contributed by atoms with Crippen molar-refractivity contribution in [3.8, 4) is 5.75 Å². The molecule has 108 valence electrons. The number of anilines is 1. The van der Waals surface area contributed by atoms with Gasteiger partial charge in [0.2, 0.25) is 0 Å². The van der Waals surface area contributed by atoms with Crippen LogP contribution in [0.15, 0.2) is 12.1 Å². The van der Waals surface area contributed by atoms with Crippen molar-refractivity contribution >= 4 is 18.1 Å². The molecule has 1 aliphatic heterocycles. The number of phenolic OH excluding ortho intramolecular Hbond substituents is 1. The zero-order chi connectivity index (χ0) is 14.7. The Bertz CT molecular complexity index is 512. The van der Waals surface area contributed by atoms with E-state index >= 15 is 0 Å². The fourth-order valence-electron chi connectivity index (χ4n) is 2.14. The fourth-order valence-corrected chi connectivity index (χ4v) is 2.14. The standard InChI is InChI=1S/C13H15FN2O4/c1-20-13(19)15-6-8-2-3-16(8)9-4-11(14)10(7-17)12(18)5-9/h4-5,7-8,18H,2-3,6H2,1H3,(H,15,19). The number of ether oxygens (including phenoxy) is 1. The number of hydrogen-bond donors (Lipinski definition) is 2. The zero-order valence-electron chi connectivity index (χ0n) is 10.9. The van der Waals surface area contributed by atoms with Crippen LogP contribution in [0.1, 0.15) is 16.8 Å². The predicted molar refractivity (Wildman–Crippen MR) is 69.6 cm³/mol. The molecule has 1 unspecified atom stereocenters. The smallest absolute Gasteiger partial charge is 0.406 e. The van der Waals surface area contributed by atoms with E-state index in [4.69, 9.17) is 0 Å².